The zero-order valence-electron chi connectivity index (χ0n) is 11.2. The maximum absolute atomic E-state index is 12.4. The van der Waals surface area contributed by atoms with E-state index in [0.717, 1.165) is 10.0 Å². The average Bonchev–Trinajstić information content (AvgIpc) is 2.41. The molecule has 1 aromatic carbocycles. The maximum atomic E-state index is 12.4. The SMILES string of the molecule is CC1CN(C(C)C(=O)c2ccc(Br)cc2)CCC1=O. The van der Waals surface area contributed by atoms with Crippen LogP contribution in [0.3, 0.4) is 0 Å². The summed E-state index contributed by atoms with van der Waals surface area (Å²) in [4.78, 5) is 26.0. The molecule has 0 amide bonds. The minimum Gasteiger partial charge on any atom is -0.299 e. The van der Waals surface area contributed by atoms with E-state index < -0.39 is 0 Å². The first-order chi connectivity index (χ1) is 8.99. The molecular formula is C15H18BrNO2. The average molecular weight is 324 g/mol. The molecule has 2 unspecified atom stereocenters. The van der Waals surface area contributed by atoms with Crippen LogP contribution in [0.4, 0.5) is 0 Å². The highest BCUT2D eigenvalue weighted by Crippen LogP contribution is 2.18. The fraction of sp³-hybridized carbons (Fsp3) is 0.467. The zero-order valence-corrected chi connectivity index (χ0v) is 12.8. The largest absolute Gasteiger partial charge is 0.299 e. The predicted octanol–water partition coefficient (Wildman–Crippen LogP) is 2.93. The molecule has 0 radical (unpaired) electrons. The van der Waals surface area contributed by atoms with Crippen LogP contribution in [0, 0.1) is 5.92 Å². The van der Waals surface area contributed by atoms with Crippen molar-refractivity contribution in [3.63, 3.8) is 0 Å². The third-order valence-corrected chi connectivity index (χ3v) is 4.29. The lowest BCUT2D eigenvalue weighted by atomic mass is 9.95. The van der Waals surface area contributed by atoms with E-state index in [1.54, 1.807) is 0 Å². The van der Waals surface area contributed by atoms with Gasteiger partial charge < -0.3 is 0 Å². The third kappa shape index (κ3) is 3.31. The first-order valence-corrected chi connectivity index (χ1v) is 7.35. The molecule has 0 N–H and O–H groups in total. The Morgan fingerprint density at radius 3 is 2.58 bits per heavy atom. The Bertz CT molecular complexity index is 483. The Morgan fingerprint density at radius 1 is 1.37 bits per heavy atom. The van der Waals surface area contributed by atoms with E-state index in [0.29, 0.717) is 25.3 Å². The van der Waals surface area contributed by atoms with Gasteiger partial charge in [-0.2, -0.15) is 0 Å². The molecule has 1 saturated heterocycles. The number of likely N-dealkylation sites (tertiary alicyclic amines) is 1. The summed E-state index contributed by atoms with van der Waals surface area (Å²) in [6.07, 6.45) is 0.555. The fourth-order valence-electron chi connectivity index (χ4n) is 2.42. The van der Waals surface area contributed by atoms with Gasteiger partial charge in [-0.05, 0) is 19.1 Å². The molecule has 19 heavy (non-hydrogen) atoms. The van der Waals surface area contributed by atoms with Crippen molar-refractivity contribution in [1.82, 2.24) is 4.90 Å². The van der Waals surface area contributed by atoms with Gasteiger partial charge in [0.15, 0.2) is 5.78 Å². The number of rotatable bonds is 3. The van der Waals surface area contributed by atoms with Crippen molar-refractivity contribution in [3.05, 3.63) is 34.3 Å². The number of halogens is 1. The number of Topliss-reactive ketones (excluding diaryl/α,β-unsaturated/α-hetero) is 2. The number of hydrogen-bond acceptors (Lipinski definition) is 3. The lowest BCUT2D eigenvalue weighted by Crippen LogP contribution is -2.47. The van der Waals surface area contributed by atoms with Crippen LogP contribution in [0.2, 0.25) is 0 Å². The molecule has 2 rings (SSSR count). The second-order valence-electron chi connectivity index (χ2n) is 5.16. The standard InChI is InChI=1S/C15H18BrNO2/c1-10-9-17(8-7-14(10)18)11(2)15(19)12-3-5-13(16)6-4-12/h3-6,10-11H,7-9H2,1-2H3. The molecule has 0 bridgehead atoms. The number of carbonyl (C=O) groups excluding carboxylic acids is 2. The molecule has 1 aliphatic rings. The lowest BCUT2D eigenvalue weighted by molar-refractivity contribution is -0.125. The Balaban J connectivity index is 2.07. The van der Waals surface area contributed by atoms with Gasteiger partial charge in [-0.15, -0.1) is 0 Å². The topological polar surface area (TPSA) is 37.4 Å². The van der Waals surface area contributed by atoms with Crippen molar-refractivity contribution >= 4 is 27.5 Å². The summed E-state index contributed by atoms with van der Waals surface area (Å²) in [5, 5.41) is 0. The van der Waals surface area contributed by atoms with E-state index >= 15 is 0 Å². The summed E-state index contributed by atoms with van der Waals surface area (Å²) < 4.78 is 0.967. The van der Waals surface area contributed by atoms with E-state index in [1.165, 1.54) is 0 Å². The molecule has 4 heteroatoms. The Hall–Kier alpha value is -1.00. The Kier molecular flexibility index (Phi) is 4.53. The van der Waals surface area contributed by atoms with E-state index in [1.807, 2.05) is 38.1 Å². The minimum atomic E-state index is -0.170. The lowest BCUT2D eigenvalue weighted by Gasteiger charge is -2.34. The smallest absolute Gasteiger partial charge is 0.179 e. The molecule has 1 fully saturated rings. The van der Waals surface area contributed by atoms with Crippen LogP contribution in [0.5, 0.6) is 0 Å². The maximum Gasteiger partial charge on any atom is 0.179 e. The number of hydrogen-bond donors (Lipinski definition) is 0. The van der Waals surface area contributed by atoms with Gasteiger partial charge in [-0.3, -0.25) is 14.5 Å². The molecule has 1 aliphatic heterocycles. The first kappa shape index (κ1) is 14.4. The highest BCUT2D eigenvalue weighted by molar-refractivity contribution is 9.10. The predicted molar refractivity (Wildman–Crippen MR) is 78.3 cm³/mol. The summed E-state index contributed by atoms with van der Waals surface area (Å²) in [6.45, 7) is 5.23. The molecule has 0 aliphatic carbocycles. The van der Waals surface area contributed by atoms with E-state index in [-0.39, 0.29) is 17.7 Å². The van der Waals surface area contributed by atoms with Crippen LogP contribution >= 0.6 is 15.9 Å². The van der Waals surface area contributed by atoms with Crippen LogP contribution in [-0.2, 0) is 4.79 Å². The van der Waals surface area contributed by atoms with Crippen molar-refractivity contribution < 1.29 is 9.59 Å². The molecule has 0 saturated carbocycles. The van der Waals surface area contributed by atoms with E-state index in [9.17, 15) is 9.59 Å². The Morgan fingerprint density at radius 2 is 2.00 bits per heavy atom. The van der Waals surface area contributed by atoms with Crippen molar-refractivity contribution in [1.29, 1.82) is 0 Å². The molecule has 0 spiro atoms. The molecule has 0 aromatic heterocycles. The Labute approximate surface area is 122 Å². The number of ketones is 2. The fourth-order valence-corrected chi connectivity index (χ4v) is 2.68. The molecule has 1 aromatic rings. The van der Waals surface area contributed by atoms with E-state index in [2.05, 4.69) is 20.8 Å². The quantitative estimate of drug-likeness (QED) is 0.802. The number of piperidine rings is 1. The summed E-state index contributed by atoms with van der Waals surface area (Å²) in [6, 6.07) is 7.25. The van der Waals surface area contributed by atoms with Gasteiger partial charge in [-0.1, -0.05) is 35.0 Å². The van der Waals surface area contributed by atoms with Crippen molar-refractivity contribution in [2.24, 2.45) is 5.92 Å². The van der Waals surface area contributed by atoms with Crippen LogP contribution in [-0.4, -0.2) is 35.6 Å². The summed E-state index contributed by atoms with van der Waals surface area (Å²) in [5.41, 5.74) is 0.722. The van der Waals surface area contributed by atoms with Gasteiger partial charge in [0.1, 0.15) is 5.78 Å². The zero-order chi connectivity index (χ0) is 14.0. The molecular weight excluding hydrogens is 306 g/mol. The second-order valence-corrected chi connectivity index (χ2v) is 6.08. The number of carbonyl (C=O) groups is 2. The normalized spacial score (nSPS) is 22.3. The summed E-state index contributed by atoms with van der Waals surface area (Å²) in [7, 11) is 0. The number of nitrogens with zero attached hydrogens (tertiary/aromatic N) is 1. The van der Waals surface area contributed by atoms with Crippen LogP contribution in [0.15, 0.2) is 28.7 Å². The van der Waals surface area contributed by atoms with Crippen molar-refractivity contribution in [3.8, 4) is 0 Å². The van der Waals surface area contributed by atoms with Crippen LogP contribution in [0.25, 0.3) is 0 Å². The molecule has 3 nitrogen and oxygen atoms in total. The summed E-state index contributed by atoms with van der Waals surface area (Å²) in [5.74, 6) is 0.461. The minimum absolute atomic E-state index is 0.0360. The highest BCUT2D eigenvalue weighted by atomic mass is 79.9. The van der Waals surface area contributed by atoms with Crippen LogP contribution < -0.4 is 0 Å². The monoisotopic (exact) mass is 323 g/mol. The molecule has 2 atom stereocenters. The van der Waals surface area contributed by atoms with Gasteiger partial charge in [0, 0.05) is 35.5 Å². The van der Waals surface area contributed by atoms with Gasteiger partial charge in [0.25, 0.3) is 0 Å². The second kappa shape index (κ2) is 5.97. The van der Waals surface area contributed by atoms with Crippen LogP contribution in [0.1, 0.15) is 30.6 Å². The first-order valence-electron chi connectivity index (χ1n) is 6.55. The van der Waals surface area contributed by atoms with Gasteiger partial charge in [-0.25, -0.2) is 0 Å². The highest BCUT2D eigenvalue weighted by Gasteiger charge is 2.29. The molecule has 102 valence electrons. The molecule has 1 heterocycles. The summed E-state index contributed by atoms with van der Waals surface area (Å²) >= 11 is 3.36. The van der Waals surface area contributed by atoms with Gasteiger partial charge >= 0.3 is 0 Å². The van der Waals surface area contributed by atoms with Gasteiger partial charge in [0.2, 0.25) is 0 Å². The van der Waals surface area contributed by atoms with E-state index in [4.69, 9.17) is 0 Å². The van der Waals surface area contributed by atoms with Gasteiger partial charge in [0.05, 0.1) is 6.04 Å². The van der Waals surface area contributed by atoms with Crippen molar-refractivity contribution in [2.75, 3.05) is 13.1 Å². The van der Waals surface area contributed by atoms with Crippen molar-refractivity contribution in [2.45, 2.75) is 26.3 Å². The number of benzene rings is 1. The third-order valence-electron chi connectivity index (χ3n) is 3.76.